The Labute approximate surface area is 415 Å². The van der Waals surface area contributed by atoms with Gasteiger partial charge in [0.15, 0.2) is 5.78 Å². The molecule has 1 saturated heterocycles. The van der Waals surface area contributed by atoms with Gasteiger partial charge < -0.3 is 44.4 Å². The zero-order chi connectivity index (χ0) is 50.2. The van der Waals surface area contributed by atoms with Crippen LogP contribution in [0, 0.1) is 29.5 Å². The highest BCUT2D eigenvalue weighted by molar-refractivity contribution is 7.11. The highest BCUT2D eigenvalue weighted by Crippen LogP contribution is 2.49. The summed E-state index contributed by atoms with van der Waals surface area (Å²) in [5, 5.41) is 7.07. The second kappa shape index (κ2) is 20.6. The molecule has 17 nitrogen and oxygen atoms in total. The number of benzene rings is 2. The number of thiazole rings is 1. The normalized spacial score (nSPS) is 20.6. The molecule has 71 heavy (non-hydrogen) atoms. The number of Topliss-reactive ketones (excluding diaryl/α,β-unsaturated/α-hetero) is 1. The van der Waals surface area contributed by atoms with E-state index in [1.165, 1.54) is 31.6 Å². The van der Waals surface area contributed by atoms with Gasteiger partial charge in [-0.15, -0.1) is 11.3 Å². The molecule has 2 aromatic carbocycles. The number of ketones is 1. The maximum atomic E-state index is 16.9. The molecule has 1 saturated carbocycles. The van der Waals surface area contributed by atoms with Crippen molar-refractivity contribution < 1.29 is 42.5 Å². The fourth-order valence-corrected chi connectivity index (χ4v) is 11.7. The molecule has 6 aromatic rings. The van der Waals surface area contributed by atoms with Crippen molar-refractivity contribution in [2.24, 2.45) is 23.7 Å². The van der Waals surface area contributed by atoms with Crippen LogP contribution in [-0.2, 0) is 30.4 Å². The Morgan fingerprint density at radius 2 is 1.55 bits per heavy atom. The van der Waals surface area contributed by atoms with Crippen LogP contribution in [0.25, 0.3) is 44.7 Å². The van der Waals surface area contributed by atoms with Gasteiger partial charge >= 0.3 is 12.2 Å². The number of likely N-dealkylation sites (tertiary alicyclic amines) is 1. The summed E-state index contributed by atoms with van der Waals surface area (Å²) in [6.45, 7) is 10.6. The lowest BCUT2D eigenvalue weighted by Gasteiger charge is -2.36. The zero-order valence-electron chi connectivity index (χ0n) is 41.3. The number of amides is 3. The maximum Gasteiger partial charge on any atom is 0.407 e. The summed E-state index contributed by atoms with van der Waals surface area (Å²) in [5.74, 6) is 1.06. The van der Waals surface area contributed by atoms with E-state index in [0.29, 0.717) is 60.1 Å². The predicted molar refractivity (Wildman–Crippen MR) is 265 cm³/mol. The van der Waals surface area contributed by atoms with Crippen LogP contribution in [0.4, 0.5) is 14.0 Å². The lowest BCUT2D eigenvalue weighted by Crippen LogP contribution is -2.51. The van der Waals surface area contributed by atoms with Crippen molar-refractivity contribution in [3.8, 4) is 39.5 Å². The van der Waals surface area contributed by atoms with E-state index in [2.05, 4.69) is 38.6 Å². The van der Waals surface area contributed by atoms with E-state index in [9.17, 15) is 19.2 Å². The molecule has 3 amide bonds. The first-order valence-electron chi connectivity index (χ1n) is 24.4. The molecule has 7 unspecified atom stereocenters. The number of hydrogen-bond donors (Lipinski definition) is 4. The smallest absolute Gasteiger partial charge is 0.407 e. The third-order valence-electron chi connectivity index (χ3n) is 14.4. The summed E-state index contributed by atoms with van der Waals surface area (Å²) in [6, 6.07) is 9.58. The quantitative estimate of drug-likeness (QED) is 0.0762. The van der Waals surface area contributed by atoms with Crippen LogP contribution in [0.2, 0.25) is 0 Å². The Bertz CT molecular complexity index is 2940. The largest absolute Gasteiger partial charge is 0.464 e. The van der Waals surface area contributed by atoms with Crippen molar-refractivity contribution in [1.82, 2.24) is 45.0 Å². The first-order chi connectivity index (χ1) is 34.2. The number of hydrogen-bond acceptors (Lipinski definition) is 12. The van der Waals surface area contributed by atoms with Gasteiger partial charge in [0.1, 0.15) is 34.3 Å². The molecule has 2 aliphatic heterocycles. The molecular weight excluding hydrogens is 930 g/mol. The van der Waals surface area contributed by atoms with Crippen LogP contribution in [0.3, 0.4) is 0 Å². The Kier molecular flexibility index (Phi) is 14.3. The van der Waals surface area contributed by atoms with Gasteiger partial charge in [-0.2, -0.15) is 0 Å². The van der Waals surface area contributed by atoms with E-state index in [4.69, 9.17) is 28.9 Å². The first-order valence-corrected chi connectivity index (χ1v) is 25.2. The summed E-state index contributed by atoms with van der Waals surface area (Å²) >= 11 is 1.46. The third kappa shape index (κ3) is 9.77. The molecule has 7 atom stereocenters. The number of halogens is 1. The van der Waals surface area contributed by atoms with Crippen LogP contribution >= 0.6 is 11.3 Å². The van der Waals surface area contributed by atoms with Crippen molar-refractivity contribution in [2.45, 2.75) is 110 Å². The fourth-order valence-electron chi connectivity index (χ4n) is 10.8. The number of methoxy groups -OCH3 is 3. The molecule has 0 bridgehead atoms. The van der Waals surface area contributed by atoms with E-state index in [1.807, 2.05) is 62.7 Å². The van der Waals surface area contributed by atoms with E-state index in [1.54, 1.807) is 24.4 Å². The van der Waals surface area contributed by atoms with E-state index < -0.39 is 36.3 Å². The van der Waals surface area contributed by atoms with Gasteiger partial charge in [-0.05, 0) is 73.3 Å². The van der Waals surface area contributed by atoms with E-state index in [-0.39, 0.29) is 47.3 Å². The fraction of sp³-hybridized carbons (Fsp3) is 0.481. The van der Waals surface area contributed by atoms with Crippen LogP contribution in [0.1, 0.15) is 113 Å². The van der Waals surface area contributed by atoms with Crippen molar-refractivity contribution in [1.29, 1.82) is 0 Å². The van der Waals surface area contributed by atoms with Crippen LogP contribution in [0.15, 0.2) is 55.0 Å². The minimum absolute atomic E-state index is 0.0156. The number of aromatic amines is 2. The first kappa shape index (κ1) is 49.4. The second-order valence-corrected chi connectivity index (χ2v) is 20.8. The van der Waals surface area contributed by atoms with Crippen LogP contribution in [-0.4, -0.2) is 98.2 Å². The zero-order valence-corrected chi connectivity index (χ0v) is 42.2. The second-order valence-electron chi connectivity index (χ2n) is 19.7. The van der Waals surface area contributed by atoms with Gasteiger partial charge in [0.25, 0.3) is 0 Å². The van der Waals surface area contributed by atoms with Gasteiger partial charge in [0.2, 0.25) is 12.1 Å². The van der Waals surface area contributed by atoms with Crippen molar-refractivity contribution in [3.63, 3.8) is 0 Å². The lowest BCUT2D eigenvalue weighted by atomic mass is 9.69. The molecule has 19 heteroatoms. The monoisotopic (exact) mass is 991 g/mol. The Balaban J connectivity index is 1.03. The Hall–Kier alpha value is -6.60. The highest BCUT2D eigenvalue weighted by atomic mass is 32.1. The van der Waals surface area contributed by atoms with Crippen molar-refractivity contribution in [2.75, 3.05) is 27.9 Å². The molecule has 376 valence electrons. The number of carbonyl (C=O) groups excluding carboxylic acids is 4. The Morgan fingerprint density at radius 3 is 2.27 bits per heavy atom. The summed E-state index contributed by atoms with van der Waals surface area (Å²) in [7, 11) is 4.18. The van der Waals surface area contributed by atoms with Gasteiger partial charge in [-0.25, -0.2) is 28.9 Å². The number of H-pyrrole nitrogens is 2. The number of nitrogens with one attached hydrogen (secondary N) is 4. The minimum atomic E-state index is -0.779. The van der Waals surface area contributed by atoms with Crippen LogP contribution in [0.5, 0.6) is 5.75 Å². The lowest BCUT2D eigenvalue weighted by molar-refractivity contribution is -0.135. The topological polar surface area (TPSA) is 208 Å². The SMILES string of the molecule is COCc1ncc(C2Oc3cc(-c4cnc(C5CCCN5C(=O)C(NC(=O)OC)C(C)C)[nH]4)cc(F)c3-c3cc4cc(-c5cnc(C6CCCC(C)C6CC(=O)C(NC(=O)OC)C(C)C)[nH]5)ccc4n32)s1. The maximum absolute atomic E-state index is 16.9. The standard InChI is InChI=1S/C52H62FN9O8S/c1-26(2)45(59-51(65)68-7)40(63)21-33-28(5)11-9-12-32(33)47-55-22-35(57-47)29-14-15-37-31(17-29)19-39-44-34(53)18-30(20-41(44)70-50(62(37)39)42-24-54-43(71-42)25-67-6)36-23-56-48(58-36)38-13-10-16-61(38)49(64)46(27(3)4)60-52(66)69-8/h14-15,17-20,22-24,26-28,32-33,38,45-46,50H,9-13,16,21,25H2,1-8H3,(H,55,57)(H,56,58)(H,59,65)(H,60,66). The molecule has 6 heterocycles. The Morgan fingerprint density at radius 1 is 0.845 bits per heavy atom. The molecule has 4 N–H and O–H groups in total. The number of nitrogens with zero attached hydrogens (tertiary/aromatic N) is 5. The van der Waals surface area contributed by atoms with Gasteiger partial charge in [-0.1, -0.05) is 53.5 Å². The minimum Gasteiger partial charge on any atom is -0.464 e. The molecule has 0 spiro atoms. The summed E-state index contributed by atoms with van der Waals surface area (Å²) in [4.78, 5) is 75.6. The van der Waals surface area contributed by atoms with E-state index in [0.717, 1.165) is 63.6 Å². The molecular formula is C52H62FN9O8S. The van der Waals surface area contributed by atoms with Crippen molar-refractivity contribution >= 4 is 46.1 Å². The molecule has 4 aromatic heterocycles. The number of fused-ring (bicyclic) bond motifs is 5. The average molecular weight is 992 g/mol. The molecule has 2 fully saturated rings. The number of alkyl carbamates (subject to hydrolysis) is 2. The van der Waals surface area contributed by atoms with E-state index >= 15 is 4.39 Å². The van der Waals surface area contributed by atoms with Gasteiger partial charge in [0, 0.05) is 48.7 Å². The average Bonchev–Trinajstić information content (AvgIpc) is 4.22. The third-order valence-corrected chi connectivity index (χ3v) is 15.4. The number of imidazole rings is 2. The highest BCUT2D eigenvalue weighted by Gasteiger charge is 2.40. The number of rotatable bonds is 15. The summed E-state index contributed by atoms with van der Waals surface area (Å²) < 4.78 is 40.8. The number of aromatic nitrogens is 6. The van der Waals surface area contributed by atoms with Crippen molar-refractivity contribution in [3.05, 3.63) is 82.3 Å². The van der Waals surface area contributed by atoms with Crippen LogP contribution < -0.4 is 15.4 Å². The summed E-state index contributed by atoms with van der Waals surface area (Å²) in [6.07, 6.45) is 7.91. The molecule has 3 aliphatic rings. The number of ether oxygens (including phenoxy) is 4. The van der Waals surface area contributed by atoms with Gasteiger partial charge in [-0.3, -0.25) is 14.2 Å². The summed E-state index contributed by atoms with van der Waals surface area (Å²) in [5.41, 5.74) is 4.56. The molecule has 0 radical (unpaired) electrons. The van der Waals surface area contributed by atoms with Gasteiger partial charge in [0.05, 0.1) is 78.3 Å². The molecule has 9 rings (SSSR count). The predicted octanol–water partition coefficient (Wildman–Crippen LogP) is 9.67. The molecule has 1 aliphatic carbocycles. The number of carbonyl (C=O) groups is 4.